The Balaban J connectivity index is 0.00000242. The first-order valence-corrected chi connectivity index (χ1v) is 8.03. The van der Waals surface area contributed by atoms with Crippen molar-refractivity contribution in [2.75, 3.05) is 20.2 Å². The van der Waals surface area contributed by atoms with Crippen LogP contribution in [0.3, 0.4) is 0 Å². The smallest absolute Gasteiger partial charge is 0.243 e. The van der Waals surface area contributed by atoms with Gasteiger partial charge in [0.2, 0.25) is 10.0 Å². The van der Waals surface area contributed by atoms with Gasteiger partial charge in [0, 0.05) is 32.3 Å². The lowest BCUT2D eigenvalue weighted by Gasteiger charge is -2.37. The first-order valence-electron chi connectivity index (χ1n) is 6.59. The van der Waals surface area contributed by atoms with E-state index in [1.54, 1.807) is 7.11 Å². The molecule has 2 atom stereocenters. The van der Waals surface area contributed by atoms with Crippen molar-refractivity contribution in [1.82, 2.24) is 4.31 Å². The number of hydrogen-bond donors (Lipinski definition) is 1. The van der Waals surface area contributed by atoms with Crippen LogP contribution >= 0.6 is 12.4 Å². The number of sulfonamides is 1. The molecule has 1 fully saturated rings. The van der Waals surface area contributed by atoms with Crippen LogP contribution in [-0.2, 0) is 14.8 Å². The second-order valence-corrected chi connectivity index (χ2v) is 6.88. The number of methoxy groups -OCH3 is 1. The molecular weight excluding hydrogens is 338 g/mol. The van der Waals surface area contributed by atoms with Gasteiger partial charge in [-0.2, -0.15) is 4.31 Å². The molecule has 22 heavy (non-hydrogen) atoms. The largest absolute Gasteiger partial charge is 0.381 e. The Bertz CT molecular complexity index is 595. The maximum absolute atomic E-state index is 13.3. The third-order valence-corrected chi connectivity index (χ3v) is 5.59. The van der Waals surface area contributed by atoms with Crippen LogP contribution in [0.15, 0.2) is 23.1 Å². The predicted octanol–water partition coefficient (Wildman–Crippen LogP) is 1.51. The third kappa shape index (κ3) is 3.94. The number of nitrogens with zero attached hydrogens (tertiary/aromatic N) is 1. The zero-order valence-electron chi connectivity index (χ0n) is 12.0. The quantitative estimate of drug-likeness (QED) is 0.887. The molecule has 1 aliphatic heterocycles. The van der Waals surface area contributed by atoms with Gasteiger partial charge in [-0.15, -0.1) is 12.4 Å². The van der Waals surface area contributed by atoms with Crippen molar-refractivity contribution in [3.63, 3.8) is 0 Å². The predicted molar refractivity (Wildman–Crippen MR) is 80.4 cm³/mol. The van der Waals surface area contributed by atoms with E-state index in [1.807, 2.05) is 0 Å². The fourth-order valence-electron chi connectivity index (χ4n) is 2.55. The van der Waals surface area contributed by atoms with Crippen molar-refractivity contribution in [3.05, 3.63) is 29.8 Å². The lowest BCUT2D eigenvalue weighted by Crippen LogP contribution is -2.51. The first-order chi connectivity index (χ1) is 9.88. The second kappa shape index (κ2) is 7.65. The average molecular weight is 357 g/mol. The summed E-state index contributed by atoms with van der Waals surface area (Å²) in [7, 11) is -2.42. The molecule has 0 aromatic heterocycles. The van der Waals surface area contributed by atoms with Crippen molar-refractivity contribution in [2.24, 2.45) is 5.73 Å². The van der Waals surface area contributed by atoms with Crippen molar-refractivity contribution in [1.29, 1.82) is 0 Å². The van der Waals surface area contributed by atoms with Crippen LogP contribution in [-0.4, -0.2) is 45.1 Å². The van der Waals surface area contributed by atoms with Crippen molar-refractivity contribution in [2.45, 2.75) is 29.9 Å². The first kappa shape index (κ1) is 19.2. The summed E-state index contributed by atoms with van der Waals surface area (Å²) < 4.78 is 58.0. The highest BCUT2D eigenvalue weighted by molar-refractivity contribution is 7.89. The summed E-state index contributed by atoms with van der Waals surface area (Å²) in [6, 6.07) is 1.82. The molecule has 1 heterocycles. The van der Waals surface area contributed by atoms with Gasteiger partial charge < -0.3 is 10.5 Å². The van der Waals surface area contributed by atoms with Gasteiger partial charge in [0.25, 0.3) is 0 Å². The maximum atomic E-state index is 13.3. The van der Waals surface area contributed by atoms with E-state index in [4.69, 9.17) is 10.5 Å². The van der Waals surface area contributed by atoms with Crippen molar-refractivity contribution in [3.8, 4) is 0 Å². The van der Waals surface area contributed by atoms with Crippen molar-refractivity contribution >= 4 is 22.4 Å². The minimum Gasteiger partial charge on any atom is -0.381 e. The highest BCUT2D eigenvalue weighted by Crippen LogP contribution is 2.27. The van der Waals surface area contributed by atoms with E-state index in [0.29, 0.717) is 18.9 Å². The van der Waals surface area contributed by atoms with Gasteiger partial charge >= 0.3 is 0 Å². The number of ether oxygens (including phenoxy) is 1. The van der Waals surface area contributed by atoms with E-state index in [1.165, 1.54) is 4.31 Å². The molecule has 1 aromatic rings. The fourth-order valence-corrected chi connectivity index (χ4v) is 4.25. The molecule has 2 N–H and O–H groups in total. The molecular formula is C13H19ClF2N2O3S. The summed E-state index contributed by atoms with van der Waals surface area (Å²) in [6.45, 7) is 0.331. The maximum Gasteiger partial charge on any atom is 0.243 e. The van der Waals surface area contributed by atoms with Crippen LogP contribution in [0.25, 0.3) is 0 Å². The van der Waals surface area contributed by atoms with E-state index in [9.17, 15) is 17.2 Å². The fraction of sp³-hybridized carbons (Fsp3) is 0.538. The molecule has 0 aliphatic carbocycles. The van der Waals surface area contributed by atoms with Gasteiger partial charge in [0.1, 0.15) is 11.6 Å². The summed E-state index contributed by atoms with van der Waals surface area (Å²) in [4.78, 5) is -0.394. The number of hydrogen-bond acceptors (Lipinski definition) is 4. The summed E-state index contributed by atoms with van der Waals surface area (Å²) in [5.74, 6) is -1.85. The molecule has 0 bridgehead atoms. The Morgan fingerprint density at radius 1 is 1.32 bits per heavy atom. The highest BCUT2D eigenvalue weighted by atomic mass is 35.5. The van der Waals surface area contributed by atoms with Gasteiger partial charge in [0.15, 0.2) is 0 Å². The summed E-state index contributed by atoms with van der Waals surface area (Å²) >= 11 is 0. The zero-order chi connectivity index (χ0) is 15.6. The van der Waals surface area contributed by atoms with Gasteiger partial charge in [0.05, 0.1) is 11.0 Å². The Labute approximate surface area is 134 Å². The standard InChI is InChI=1S/C13H18F2N2O3S.ClH/c1-20-12-2-3-17(11(7-12)8-16)21(18,19)13-5-9(14)4-10(15)6-13;/h4-6,11-12H,2-3,7-8,16H2,1H3;1H. The van der Waals surface area contributed by atoms with Crippen molar-refractivity contribution < 1.29 is 21.9 Å². The molecule has 0 spiro atoms. The van der Waals surface area contributed by atoms with Crippen LogP contribution in [0.2, 0.25) is 0 Å². The molecule has 0 amide bonds. The molecule has 1 saturated heterocycles. The molecule has 2 unspecified atom stereocenters. The number of rotatable bonds is 4. The third-order valence-electron chi connectivity index (χ3n) is 3.66. The summed E-state index contributed by atoms with van der Waals surface area (Å²) in [5.41, 5.74) is 5.64. The molecule has 0 radical (unpaired) electrons. The van der Waals surface area contributed by atoms with E-state index in [2.05, 4.69) is 0 Å². The molecule has 126 valence electrons. The van der Waals surface area contributed by atoms with Crippen LogP contribution < -0.4 is 5.73 Å². The Morgan fingerprint density at radius 2 is 1.91 bits per heavy atom. The number of nitrogens with two attached hydrogens (primary N) is 1. The second-order valence-electron chi connectivity index (χ2n) is 4.99. The molecule has 5 nitrogen and oxygen atoms in total. The van der Waals surface area contributed by atoms with Gasteiger partial charge in [-0.3, -0.25) is 0 Å². The number of benzene rings is 1. The SMILES string of the molecule is COC1CCN(S(=O)(=O)c2cc(F)cc(F)c2)C(CN)C1.Cl. The van der Waals surface area contributed by atoms with Gasteiger partial charge in [-0.25, -0.2) is 17.2 Å². The molecule has 2 rings (SSSR count). The summed E-state index contributed by atoms with van der Waals surface area (Å²) in [5, 5.41) is 0. The van der Waals surface area contributed by atoms with Gasteiger partial charge in [-0.05, 0) is 25.0 Å². The molecule has 1 aromatic carbocycles. The zero-order valence-corrected chi connectivity index (χ0v) is 13.7. The van der Waals surface area contributed by atoms with Crippen LogP contribution in [0.4, 0.5) is 8.78 Å². The summed E-state index contributed by atoms with van der Waals surface area (Å²) in [6.07, 6.45) is 0.919. The average Bonchev–Trinajstić information content (AvgIpc) is 2.45. The number of halogens is 3. The lowest BCUT2D eigenvalue weighted by molar-refractivity contribution is 0.0401. The Kier molecular flexibility index (Phi) is 6.69. The monoisotopic (exact) mass is 356 g/mol. The van der Waals surface area contributed by atoms with Crippen LogP contribution in [0.5, 0.6) is 0 Å². The number of piperidine rings is 1. The van der Waals surface area contributed by atoms with E-state index in [-0.39, 0.29) is 31.6 Å². The van der Waals surface area contributed by atoms with E-state index < -0.39 is 32.6 Å². The van der Waals surface area contributed by atoms with E-state index in [0.717, 1.165) is 12.1 Å². The Morgan fingerprint density at radius 3 is 2.41 bits per heavy atom. The molecule has 9 heteroatoms. The normalized spacial score (nSPS) is 23.1. The Hall–Kier alpha value is -0.800. The van der Waals surface area contributed by atoms with Gasteiger partial charge in [-0.1, -0.05) is 0 Å². The lowest BCUT2D eigenvalue weighted by atomic mass is 10.0. The van der Waals surface area contributed by atoms with Crippen LogP contribution in [0, 0.1) is 11.6 Å². The molecule has 1 aliphatic rings. The van der Waals surface area contributed by atoms with Crippen LogP contribution in [0.1, 0.15) is 12.8 Å². The molecule has 0 saturated carbocycles. The van der Waals surface area contributed by atoms with E-state index >= 15 is 0 Å². The highest BCUT2D eigenvalue weighted by Gasteiger charge is 2.36. The topological polar surface area (TPSA) is 72.6 Å². The minimum absolute atomic E-state index is 0. The minimum atomic E-state index is -3.98.